The van der Waals surface area contributed by atoms with Gasteiger partial charge in [-0.15, -0.1) is 0 Å². The molecule has 2 aromatic heterocycles. The van der Waals surface area contributed by atoms with Gasteiger partial charge in [-0.1, -0.05) is 36.0 Å². The summed E-state index contributed by atoms with van der Waals surface area (Å²) in [5.74, 6) is 0.818. The number of aromatic amines is 1. The zero-order valence-electron chi connectivity index (χ0n) is 16.3. The van der Waals surface area contributed by atoms with Gasteiger partial charge in [0.15, 0.2) is 10.8 Å². The number of aromatic nitrogens is 4. The van der Waals surface area contributed by atoms with Crippen LogP contribution < -0.4 is 10.3 Å². The van der Waals surface area contributed by atoms with Crippen molar-refractivity contribution in [3.05, 3.63) is 76.2 Å². The maximum atomic E-state index is 12.5. The first-order valence-electron chi connectivity index (χ1n) is 9.02. The largest absolute Gasteiger partial charge is 0.494 e. The van der Waals surface area contributed by atoms with E-state index < -0.39 is 0 Å². The lowest BCUT2D eigenvalue weighted by Gasteiger charge is -2.09. The fourth-order valence-electron chi connectivity index (χ4n) is 2.95. The molecule has 0 atom stereocenters. The Morgan fingerprint density at radius 1 is 1.13 bits per heavy atom. The molecule has 0 unspecified atom stereocenters. The molecule has 152 valence electrons. The van der Waals surface area contributed by atoms with Crippen molar-refractivity contribution in [3.8, 4) is 11.4 Å². The Bertz CT molecular complexity index is 1260. The lowest BCUT2D eigenvalue weighted by molar-refractivity contribution is 0.0600. The molecule has 30 heavy (non-hydrogen) atoms. The maximum absolute atomic E-state index is 12.5. The first-order valence-corrected chi connectivity index (χ1v) is 10.0. The van der Waals surface area contributed by atoms with Gasteiger partial charge < -0.3 is 14.5 Å². The third-order valence-electron chi connectivity index (χ3n) is 4.48. The number of para-hydroxylation sites is 2. The number of carbonyl (C=O) groups is 1. The molecule has 4 aromatic rings. The zero-order valence-corrected chi connectivity index (χ0v) is 17.1. The van der Waals surface area contributed by atoms with E-state index in [1.807, 2.05) is 36.4 Å². The molecule has 0 amide bonds. The van der Waals surface area contributed by atoms with Crippen molar-refractivity contribution in [2.45, 2.75) is 10.9 Å². The molecular weight excluding hydrogens is 404 g/mol. The molecule has 0 radical (unpaired) electrons. The highest BCUT2D eigenvalue weighted by Gasteiger charge is 2.14. The smallest absolute Gasteiger partial charge is 0.337 e. The van der Waals surface area contributed by atoms with Crippen LogP contribution in [0.5, 0.6) is 5.75 Å². The number of ether oxygens (including phenoxy) is 2. The van der Waals surface area contributed by atoms with Crippen LogP contribution in [0.1, 0.15) is 15.9 Å². The predicted molar refractivity (Wildman–Crippen MR) is 113 cm³/mol. The van der Waals surface area contributed by atoms with Gasteiger partial charge in [0, 0.05) is 5.75 Å². The molecule has 4 rings (SSSR count). The molecule has 0 spiro atoms. The van der Waals surface area contributed by atoms with Gasteiger partial charge in [0.2, 0.25) is 0 Å². The van der Waals surface area contributed by atoms with Crippen LogP contribution in [0.2, 0.25) is 0 Å². The van der Waals surface area contributed by atoms with Crippen LogP contribution in [0, 0.1) is 0 Å². The van der Waals surface area contributed by atoms with E-state index in [2.05, 4.69) is 15.1 Å². The van der Waals surface area contributed by atoms with Crippen LogP contribution in [0.4, 0.5) is 0 Å². The fraction of sp³-hybridized carbons (Fsp3) is 0.143. The Balaban J connectivity index is 1.63. The van der Waals surface area contributed by atoms with Crippen LogP contribution in [0.25, 0.3) is 16.7 Å². The van der Waals surface area contributed by atoms with Crippen LogP contribution in [-0.2, 0) is 10.5 Å². The lowest BCUT2D eigenvalue weighted by atomic mass is 10.1. The molecule has 2 aromatic carbocycles. The summed E-state index contributed by atoms with van der Waals surface area (Å²) in [5.41, 5.74) is 2.35. The number of hydrogen-bond acceptors (Lipinski definition) is 7. The highest BCUT2D eigenvalue weighted by atomic mass is 32.2. The van der Waals surface area contributed by atoms with Crippen LogP contribution in [-0.4, -0.2) is 39.9 Å². The third-order valence-corrected chi connectivity index (χ3v) is 5.42. The van der Waals surface area contributed by atoms with Crippen LogP contribution >= 0.6 is 11.8 Å². The number of nitrogens with one attached hydrogen (secondary N) is 1. The summed E-state index contributed by atoms with van der Waals surface area (Å²) in [6, 6.07) is 14.5. The van der Waals surface area contributed by atoms with E-state index in [0.29, 0.717) is 38.9 Å². The van der Waals surface area contributed by atoms with Gasteiger partial charge in [-0.25, -0.2) is 14.5 Å². The van der Waals surface area contributed by atoms with Crippen LogP contribution in [0.3, 0.4) is 0 Å². The topological polar surface area (TPSA) is 99.1 Å². The fourth-order valence-corrected chi connectivity index (χ4v) is 3.77. The number of nitrogens with zero attached hydrogens (tertiary/aromatic N) is 3. The minimum atomic E-state index is -0.379. The van der Waals surface area contributed by atoms with E-state index in [-0.39, 0.29) is 11.5 Å². The first-order chi connectivity index (χ1) is 14.6. The predicted octanol–water partition coefficient (Wildman–Crippen LogP) is 3.20. The molecule has 8 nitrogen and oxygen atoms in total. The minimum Gasteiger partial charge on any atom is -0.494 e. The Morgan fingerprint density at radius 3 is 2.63 bits per heavy atom. The number of rotatable bonds is 6. The molecule has 0 bridgehead atoms. The summed E-state index contributed by atoms with van der Waals surface area (Å²) in [4.78, 5) is 31.4. The Labute approximate surface area is 175 Å². The van der Waals surface area contributed by atoms with E-state index in [1.54, 1.807) is 23.9 Å². The lowest BCUT2D eigenvalue weighted by Crippen LogP contribution is -2.10. The maximum Gasteiger partial charge on any atom is 0.337 e. The van der Waals surface area contributed by atoms with E-state index in [9.17, 15) is 9.59 Å². The Morgan fingerprint density at radius 2 is 1.90 bits per heavy atom. The average Bonchev–Trinajstić information content (AvgIpc) is 3.22. The van der Waals surface area contributed by atoms with Crippen molar-refractivity contribution in [2.75, 3.05) is 14.2 Å². The van der Waals surface area contributed by atoms with E-state index in [1.165, 1.54) is 25.1 Å². The normalized spacial score (nSPS) is 10.9. The standard InChI is InChI=1S/C21H18N4O4S/c1-28-17-6-4-3-5-16(17)25-18-15(11-22-25)19(26)24-21(23-18)30-12-13-7-9-14(10-8-13)20(27)29-2/h3-11H,12H2,1-2H3,(H,23,24,26). The van der Waals surface area contributed by atoms with Gasteiger partial charge in [0.25, 0.3) is 5.56 Å². The van der Waals surface area contributed by atoms with E-state index >= 15 is 0 Å². The summed E-state index contributed by atoms with van der Waals surface area (Å²) < 4.78 is 11.7. The monoisotopic (exact) mass is 422 g/mol. The van der Waals surface area contributed by atoms with E-state index in [4.69, 9.17) is 9.47 Å². The second-order valence-electron chi connectivity index (χ2n) is 6.31. The average molecular weight is 422 g/mol. The van der Waals surface area contributed by atoms with Crippen molar-refractivity contribution >= 4 is 28.8 Å². The molecule has 0 saturated heterocycles. The number of esters is 1. The third kappa shape index (κ3) is 3.79. The molecule has 0 aliphatic heterocycles. The number of hydrogen-bond donors (Lipinski definition) is 1. The molecule has 9 heteroatoms. The number of methoxy groups -OCH3 is 2. The number of H-pyrrole nitrogens is 1. The highest BCUT2D eigenvalue weighted by Crippen LogP contribution is 2.25. The van der Waals surface area contributed by atoms with Gasteiger partial charge in [0.1, 0.15) is 16.8 Å². The van der Waals surface area contributed by atoms with Gasteiger partial charge in [-0.05, 0) is 29.8 Å². The molecule has 0 saturated carbocycles. The van der Waals surface area contributed by atoms with Crippen molar-refractivity contribution in [1.29, 1.82) is 0 Å². The Hall–Kier alpha value is -3.59. The zero-order chi connectivity index (χ0) is 21.1. The summed E-state index contributed by atoms with van der Waals surface area (Å²) >= 11 is 1.38. The molecule has 0 aliphatic rings. The second-order valence-corrected chi connectivity index (χ2v) is 7.28. The second kappa shape index (κ2) is 8.42. The van der Waals surface area contributed by atoms with Crippen molar-refractivity contribution in [1.82, 2.24) is 19.7 Å². The summed E-state index contributed by atoms with van der Waals surface area (Å²) in [6.07, 6.45) is 1.49. The number of carbonyl (C=O) groups excluding carboxylic acids is 1. The molecule has 1 N–H and O–H groups in total. The van der Waals surface area contributed by atoms with Crippen molar-refractivity contribution in [2.24, 2.45) is 0 Å². The van der Waals surface area contributed by atoms with Gasteiger partial charge in [0.05, 0.1) is 26.0 Å². The summed E-state index contributed by atoms with van der Waals surface area (Å²) in [7, 11) is 2.93. The molecule has 2 heterocycles. The van der Waals surface area contributed by atoms with Crippen molar-refractivity contribution < 1.29 is 14.3 Å². The number of benzene rings is 2. The highest BCUT2D eigenvalue weighted by molar-refractivity contribution is 7.98. The minimum absolute atomic E-state index is 0.260. The molecular formula is C21H18N4O4S. The van der Waals surface area contributed by atoms with Gasteiger partial charge in [-0.3, -0.25) is 4.79 Å². The van der Waals surface area contributed by atoms with E-state index in [0.717, 1.165) is 5.56 Å². The summed E-state index contributed by atoms with van der Waals surface area (Å²) in [6.45, 7) is 0. The molecule has 0 aliphatic carbocycles. The number of fused-ring (bicyclic) bond motifs is 1. The first kappa shape index (κ1) is 19.7. The molecule has 0 fully saturated rings. The number of thioether (sulfide) groups is 1. The van der Waals surface area contributed by atoms with Gasteiger partial charge in [-0.2, -0.15) is 5.10 Å². The SMILES string of the molecule is COC(=O)c1ccc(CSc2nc3c(cnn3-c3ccccc3OC)c(=O)[nH]2)cc1. The Kier molecular flexibility index (Phi) is 5.53. The quantitative estimate of drug-likeness (QED) is 0.289. The van der Waals surface area contributed by atoms with Crippen LogP contribution in [0.15, 0.2) is 64.7 Å². The van der Waals surface area contributed by atoms with Crippen molar-refractivity contribution in [3.63, 3.8) is 0 Å². The van der Waals surface area contributed by atoms with Gasteiger partial charge >= 0.3 is 5.97 Å². The summed E-state index contributed by atoms with van der Waals surface area (Å²) in [5, 5.41) is 5.20.